The SMILES string of the molecule is CCCO[Si](CCCOC(=O)C(C)(C)C(C)C)(C(C)C)C(C)C. The van der Waals surface area contributed by atoms with Gasteiger partial charge in [-0.25, -0.2) is 0 Å². The lowest BCUT2D eigenvalue weighted by atomic mass is 9.81. The van der Waals surface area contributed by atoms with E-state index >= 15 is 0 Å². The molecule has 0 aliphatic carbocycles. The van der Waals surface area contributed by atoms with Gasteiger partial charge in [-0.3, -0.25) is 4.79 Å². The van der Waals surface area contributed by atoms with Crippen LogP contribution in [0.25, 0.3) is 0 Å². The van der Waals surface area contributed by atoms with Crippen LogP contribution >= 0.6 is 0 Å². The number of rotatable bonds is 11. The van der Waals surface area contributed by atoms with E-state index in [1.54, 1.807) is 0 Å². The van der Waals surface area contributed by atoms with Crippen molar-refractivity contribution in [2.24, 2.45) is 11.3 Å². The Morgan fingerprint density at radius 3 is 1.91 bits per heavy atom. The zero-order chi connectivity index (χ0) is 18.3. The molecule has 0 spiro atoms. The Hall–Kier alpha value is -0.353. The second-order valence-electron chi connectivity index (χ2n) is 8.23. The number of hydrogen-bond donors (Lipinski definition) is 0. The average molecular weight is 345 g/mol. The summed E-state index contributed by atoms with van der Waals surface area (Å²) in [4.78, 5) is 12.2. The molecule has 23 heavy (non-hydrogen) atoms. The number of carbonyl (C=O) groups is 1. The minimum Gasteiger partial charge on any atom is -0.465 e. The molecule has 0 saturated carbocycles. The van der Waals surface area contributed by atoms with Crippen molar-refractivity contribution in [2.45, 2.75) is 92.3 Å². The van der Waals surface area contributed by atoms with Crippen LogP contribution in [-0.4, -0.2) is 27.5 Å². The van der Waals surface area contributed by atoms with Gasteiger partial charge in [0.05, 0.1) is 12.0 Å². The normalized spacial score (nSPS) is 13.2. The van der Waals surface area contributed by atoms with Gasteiger partial charge < -0.3 is 9.16 Å². The Bertz CT molecular complexity index is 341. The molecular weight excluding hydrogens is 304 g/mol. The Morgan fingerprint density at radius 1 is 1.00 bits per heavy atom. The van der Waals surface area contributed by atoms with Crippen LogP contribution < -0.4 is 0 Å². The van der Waals surface area contributed by atoms with E-state index in [0.717, 1.165) is 25.5 Å². The molecular formula is C19H40O3Si. The van der Waals surface area contributed by atoms with Crippen LogP contribution in [0, 0.1) is 11.3 Å². The van der Waals surface area contributed by atoms with Gasteiger partial charge in [0.15, 0.2) is 8.32 Å². The average Bonchev–Trinajstić information content (AvgIpc) is 2.45. The molecule has 0 radical (unpaired) electrons. The van der Waals surface area contributed by atoms with Crippen LogP contribution in [0.1, 0.15) is 75.2 Å². The third-order valence-electron chi connectivity index (χ3n) is 5.44. The molecule has 0 fully saturated rings. The zero-order valence-electron chi connectivity index (χ0n) is 17.0. The molecule has 0 unspecified atom stereocenters. The smallest absolute Gasteiger partial charge is 0.311 e. The minimum atomic E-state index is -1.80. The molecule has 0 aliphatic heterocycles. The van der Waals surface area contributed by atoms with Crippen LogP contribution in [0.4, 0.5) is 0 Å². The summed E-state index contributed by atoms with van der Waals surface area (Å²) in [6.45, 7) is 20.7. The summed E-state index contributed by atoms with van der Waals surface area (Å²) in [6, 6.07) is 1.07. The van der Waals surface area contributed by atoms with E-state index in [1.165, 1.54) is 0 Å². The van der Waals surface area contributed by atoms with Crippen molar-refractivity contribution in [1.29, 1.82) is 0 Å². The molecule has 0 aromatic rings. The fraction of sp³-hybridized carbons (Fsp3) is 0.947. The van der Waals surface area contributed by atoms with E-state index in [-0.39, 0.29) is 11.9 Å². The number of hydrogen-bond acceptors (Lipinski definition) is 3. The second kappa shape index (κ2) is 9.82. The van der Waals surface area contributed by atoms with Crippen molar-refractivity contribution in [3.05, 3.63) is 0 Å². The van der Waals surface area contributed by atoms with Gasteiger partial charge in [-0.05, 0) is 49.7 Å². The third-order valence-corrected chi connectivity index (χ3v) is 11.2. The monoisotopic (exact) mass is 344 g/mol. The standard InChI is InChI=1S/C19H40O3Si/c1-10-12-22-23(16(4)5,17(6)7)14-11-13-21-18(20)19(8,9)15(2)3/h15-17H,10-14H2,1-9H3. The van der Waals surface area contributed by atoms with E-state index in [4.69, 9.17) is 9.16 Å². The predicted molar refractivity (Wildman–Crippen MR) is 101 cm³/mol. The summed E-state index contributed by atoms with van der Waals surface area (Å²) in [5, 5.41) is 0. The van der Waals surface area contributed by atoms with Crippen molar-refractivity contribution in [2.75, 3.05) is 13.2 Å². The Morgan fingerprint density at radius 2 is 1.52 bits per heavy atom. The second-order valence-corrected chi connectivity index (χ2v) is 13.2. The summed E-state index contributed by atoms with van der Waals surface area (Å²) in [5.74, 6) is 0.200. The van der Waals surface area contributed by atoms with Crippen molar-refractivity contribution in [1.82, 2.24) is 0 Å². The van der Waals surface area contributed by atoms with E-state index in [9.17, 15) is 4.79 Å². The quantitative estimate of drug-likeness (QED) is 0.270. The summed E-state index contributed by atoms with van der Waals surface area (Å²) >= 11 is 0. The predicted octanol–water partition coefficient (Wildman–Crippen LogP) is 5.79. The molecule has 0 atom stereocenters. The van der Waals surface area contributed by atoms with E-state index in [2.05, 4.69) is 48.5 Å². The molecule has 0 bridgehead atoms. The molecule has 0 aliphatic rings. The topological polar surface area (TPSA) is 35.5 Å². The maximum Gasteiger partial charge on any atom is 0.311 e. The maximum atomic E-state index is 12.2. The summed E-state index contributed by atoms with van der Waals surface area (Å²) < 4.78 is 12.0. The number of carbonyl (C=O) groups excluding carboxylic acids is 1. The molecule has 0 aromatic heterocycles. The molecule has 4 heteroatoms. The Kier molecular flexibility index (Phi) is 9.67. The largest absolute Gasteiger partial charge is 0.465 e. The van der Waals surface area contributed by atoms with Crippen molar-refractivity contribution >= 4 is 14.3 Å². The highest BCUT2D eigenvalue weighted by atomic mass is 28.4. The lowest BCUT2D eigenvalue weighted by Crippen LogP contribution is -2.45. The van der Waals surface area contributed by atoms with Gasteiger partial charge in [0.2, 0.25) is 0 Å². The Labute approximate surface area is 145 Å². The first kappa shape index (κ1) is 22.6. The highest BCUT2D eigenvalue weighted by Crippen LogP contribution is 2.38. The third kappa shape index (κ3) is 6.22. The highest BCUT2D eigenvalue weighted by Gasteiger charge is 2.41. The minimum absolute atomic E-state index is 0.0802. The van der Waals surface area contributed by atoms with Crippen molar-refractivity contribution in [3.8, 4) is 0 Å². The summed E-state index contributed by atoms with van der Waals surface area (Å²) in [7, 11) is -1.80. The van der Waals surface area contributed by atoms with Gasteiger partial charge in [-0.1, -0.05) is 48.5 Å². The number of ether oxygens (including phenoxy) is 1. The van der Waals surface area contributed by atoms with Crippen LogP contribution in [0.5, 0.6) is 0 Å². The van der Waals surface area contributed by atoms with E-state index in [0.29, 0.717) is 17.7 Å². The van der Waals surface area contributed by atoms with E-state index in [1.807, 2.05) is 13.8 Å². The van der Waals surface area contributed by atoms with Gasteiger partial charge in [0, 0.05) is 6.61 Å². The first-order chi connectivity index (χ1) is 10.5. The zero-order valence-corrected chi connectivity index (χ0v) is 18.0. The van der Waals surface area contributed by atoms with Crippen LogP contribution in [0.3, 0.4) is 0 Å². The lowest BCUT2D eigenvalue weighted by molar-refractivity contribution is -0.156. The maximum absolute atomic E-state index is 12.2. The van der Waals surface area contributed by atoms with Crippen LogP contribution in [-0.2, 0) is 14.0 Å². The van der Waals surface area contributed by atoms with Gasteiger partial charge in [-0.2, -0.15) is 0 Å². The van der Waals surface area contributed by atoms with Crippen LogP contribution in [0.15, 0.2) is 0 Å². The molecule has 0 amide bonds. The highest BCUT2D eigenvalue weighted by molar-refractivity contribution is 6.76. The van der Waals surface area contributed by atoms with Crippen molar-refractivity contribution in [3.63, 3.8) is 0 Å². The molecule has 0 aromatic carbocycles. The Balaban J connectivity index is 4.62. The first-order valence-electron chi connectivity index (χ1n) is 9.33. The molecule has 0 N–H and O–H groups in total. The van der Waals surface area contributed by atoms with E-state index < -0.39 is 13.7 Å². The summed E-state index contributed by atoms with van der Waals surface area (Å²) in [6.07, 6.45) is 1.97. The molecule has 3 nitrogen and oxygen atoms in total. The molecule has 0 rings (SSSR count). The van der Waals surface area contributed by atoms with Gasteiger partial charge in [0.1, 0.15) is 0 Å². The lowest BCUT2D eigenvalue weighted by Gasteiger charge is -2.39. The molecule has 138 valence electrons. The molecule has 0 saturated heterocycles. The van der Waals surface area contributed by atoms with Gasteiger partial charge in [0.25, 0.3) is 0 Å². The first-order valence-corrected chi connectivity index (χ1v) is 11.6. The van der Waals surface area contributed by atoms with Gasteiger partial charge in [-0.15, -0.1) is 0 Å². The van der Waals surface area contributed by atoms with Gasteiger partial charge >= 0.3 is 5.97 Å². The number of esters is 1. The fourth-order valence-electron chi connectivity index (χ4n) is 2.88. The van der Waals surface area contributed by atoms with Crippen molar-refractivity contribution < 1.29 is 14.0 Å². The molecule has 0 heterocycles. The van der Waals surface area contributed by atoms with Crippen LogP contribution in [0.2, 0.25) is 17.1 Å². The summed E-state index contributed by atoms with van der Waals surface area (Å²) in [5.41, 5.74) is 0.747. The fourth-order valence-corrected chi connectivity index (χ4v) is 7.46.